The number of benzene rings is 1. The molecule has 0 aliphatic carbocycles. The summed E-state index contributed by atoms with van der Waals surface area (Å²) in [4.78, 5) is 8.11. The predicted octanol–water partition coefficient (Wildman–Crippen LogP) is 2.80. The van der Waals surface area contributed by atoms with E-state index in [1.165, 1.54) is 0 Å². The van der Waals surface area contributed by atoms with E-state index < -0.39 is 11.6 Å². The van der Waals surface area contributed by atoms with Gasteiger partial charge >= 0.3 is 0 Å². The van der Waals surface area contributed by atoms with Gasteiger partial charge in [-0.1, -0.05) is 0 Å². The van der Waals surface area contributed by atoms with Crippen LogP contribution in [-0.4, -0.2) is 9.97 Å². The third kappa shape index (κ3) is 2.48. The van der Waals surface area contributed by atoms with Crippen LogP contribution in [-0.2, 0) is 6.42 Å². The maximum atomic E-state index is 13.6. The van der Waals surface area contributed by atoms with Crippen LogP contribution < -0.4 is 0 Å². The van der Waals surface area contributed by atoms with Crippen LogP contribution in [0.1, 0.15) is 11.5 Å². The first-order valence-corrected chi connectivity index (χ1v) is 5.27. The van der Waals surface area contributed by atoms with Gasteiger partial charge in [0.05, 0.1) is 18.2 Å². The van der Waals surface area contributed by atoms with Crippen LogP contribution in [0.5, 0.6) is 0 Å². The van der Waals surface area contributed by atoms with Crippen molar-refractivity contribution in [2.45, 2.75) is 13.3 Å². The maximum absolute atomic E-state index is 13.6. The van der Waals surface area contributed by atoms with Crippen LogP contribution in [0.4, 0.5) is 8.78 Å². The van der Waals surface area contributed by atoms with Crippen molar-refractivity contribution in [3.63, 3.8) is 0 Å². The Hall–Kier alpha value is -2.35. The first-order valence-electron chi connectivity index (χ1n) is 5.27. The zero-order chi connectivity index (χ0) is 13.1. The normalized spacial score (nSPS) is 10.1. The molecule has 0 atom stereocenters. The smallest absolute Gasteiger partial charge is 0.143 e. The monoisotopic (exact) mass is 245 g/mol. The van der Waals surface area contributed by atoms with E-state index in [9.17, 15) is 8.78 Å². The van der Waals surface area contributed by atoms with Gasteiger partial charge < -0.3 is 0 Å². The zero-order valence-electron chi connectivity index (χ0n) is 9.61. The van der Waals surface area contributed by atoms with E-state index >= 15 is 0 Å². The molecule has 3 nitrogen and oxygen atoms in total. The Labute approximate surface area is 103 Å². The summed E-state index contributed by atoms with van der Waals surface area (Å²) in [6.07, 6.45) is 0.0333. The first kappa shape index (κ1) is 12.1. The standard InChI is InChI=1S/C13H9F2N3/c1-8-6-12(18-13(17-8)4-5-16)10-7-9(14)2-3-11(10)15/h2-3,6-7H,4H2,1H3. The second-order valence-electron chi connectivity index (χ2n) is 3.77. The van der Waals surface area contributed by atoms with Crippen molar-refractivity contribution in [1.29, 1.82) is 5.26 Å². The Kier molecular flexibility index (Phi) is 3.28. The lowest BCUT2D eigenvalue weighted by Gasteiger charge is -2.05. The summed E-state index contributed by atoms with van der Waals surface area (Å²) >= 11 is 0. The Morgan fingerprint density at radius 3 is 2.72 bits per heavy atom. The summed E-state index contributed by atoms with van der Waals surface area (Å²) < 4.78 is 26.7. The quantitative estimate of drug-likeness (QED) is 0.817. The average molecular weight is 245 g/mol. The lowest BCUT2D eigenvalue weighted by atomic mass is 10.1. The lowest BCUT2D eigenvalue weighted by Crippen LogP contribution is -1.99. The molecule has 18 heavy (non-hydrogen) atoms. The molecule has 1 aromatic carbocycles. The Balaban J connectivity index is 2.56. The maximum Gasteiger partial charge on any atom is 0.143 e. The van der Waals surface area contributed by atoms with Gasteiger partial charge in [0, 0.05) is 11.3 Å². The molecule has 0 fully saturated rings. The zero-order valence-corrected chi connectivity index (χ0v) is 9.61. The van der Waals surface area contributed by atoms with Gasteiger partial charge in [-0.2, -0.15) is 5.26 Å². The van der Waals surface area contributed by atoms with E-state index in [1.807, 2.05) is 6.07 Å². The molecule has 0 amide bonds. The molecule has 90 valence electrons. The highest BCUT2D eigenvalue weighted by atomic mass is 19.1. The SMILES string of the molecule is Cc1cc(-c2cc(F)ccc2F)nc(CC#N)n1. The fourth-order valence-corrected chi connectivity index (χ4v) is 1.61. The number of rotatable bonds is 2. The molecule has 0 N–H and O–H groups in total. The van der Waals surface area contributed by atoms with Gasteiger partial charge in [0.15, 0.2) is 0 Å². The van der Waals surface area contributed by atoms with Crippen molar-refractivity contribution in [2.24, 2.45) is 0 Å². The molecule has 2 aromatic rings. The summed E-state index contributed by atoms with van der Waals surface area (Å²) in [7, 11) is 0. The fourth-order valence-electron chi connectivity index (χ4n) is 1.61. The minimum Gasteiger partial charge on any atom is -0.237 e. The van der Waals surface area contributed by atoms with Crippen molar-refractivity contribution in [1.82, 2.24) is 9.97 Å². The van der Waals surface area contributed by atoms with Crippen molar-refractivity contribution in [3.05, 3.63) is 47.4 Å². The van der Waals surface area contributed by atoms with Crippen LogP contribution in [0, 0.1) is 29.9 Å². The molecular formula is C13H9F2N3. The molecule has 0 saturated carbocycles. The average Bonchev–Trinajstić information content (AvgIpc) is 2.32. The highest BCUT2D eigenvalue weighted by Crippen LogP contribution is 2.22. The highest BCUT2D eigenvalue weighted by Gasteiger charge is 2.10. The minimum absolute atomic E-state index is 0.0333. The first-order chi connectivity index (χ1) is 8.60. The van der Waals surface area contributed by atoms with Crippen LogP contribution in [0.3, 0.4) is 0 Å². The molecule has 0 bridgehead atoms. The van der Waals surface area contributed by atoms with E-state index in [4.69, 9.17) is 5.26 Å². The minimum atomic E-state index is -0.558. The molecule has 1 heterocycles. The Bertz CT molecular complexity index is 633. The van der Waals surface area contributed by atoms with Crippen molar-refractivity contribution < 1.29 is 8.78 Å². The molecule has 2 rings (SSSR count). The van der Waals surface area contributed by atoms with E-state index in [0.29, 0.717) is 11.5 Å². The predicted molar refractivity (Wildman–Crippen MR) is 61.4 cm³/mol. The third-order valence-corrected chi connectivity index (χ3v) is 2.34. The number of halogens is 2. The molecule has 0 unspecified atom stereocenters. The molecule has 1 aromatic heterocycles. The van der Waals surface area contributed by atoms with E-state index in [1.54, 1.807) is 13.0 Å². The summed E-state index contributed by atoms with van der Waals surface area (Å²) in [5.74, 6) is -0.793. The largest absolute Gasteiger partial charge is 0.237 e. The Morgan fingerprint density at radius 1 is 1.22 bits per heavy atom. The molecular weight excluding hydrogens is 236 g/mol. The van der Waals surface area contributed by atoms with Gasteiger partial charge in [0.1, 0.15) is 17.5 Å². The van der Waals surface area contributed by atoms with Crippen molar-refractivity contribution in [2.75, 3.05) is 0 Å². The number of hydrogen-bond donors (Lipinski definition) is 0. The molecule has 0 saturated heterocycles. The van der Waals surface area contributed by atoms with Crippen LogP contribution in [0.25, 0.3) is 11.3 Å². The number of aromatic nitrogens is 2. The topological polar surface area (TPSA) is 49.6 Å². The van der Waals surface area contributed by atoms with Gasteiger partial charge in [-0.25, -0.2) is 18.7 Å². The molecule has 0 radical (unpaired) electrons. The van der Waals surface area contributed by atoms with Crippen LogP contribution in [0.15, 0.2) is 24.3 Å². The molecule has 0 spiro atoms. The number of aryl methyl sites for hydroxylation is 1. The van der Waals surface area contributed by atoms with Gasteiger partial charge in [0.25, 0.3) is 0 Å². The highest BCUT2D eigenvalue weighted by molar-refractivity contribution is 5.60. The van der Waals surface area contributed by atoms with Crippen molar-refractivity contribution in [3.8, 4) is 17.3 Å². The number of hydrogen-bond acceptors (Lipinski definition) is 3. The van der Waals surface area contributed by atoms with Gasteiger partial charge in [-0.3, -0.25) is 0 Å². The van der Waals surface area contributed by atoms with Crippen LogP contribution >= 0.6 is 0 Å². The number of nitriles is 1. The molecule has 5 heteroatoms. The summed E-state index contributed by atoms with van der Waals surface area (Å²) in [5.41, 5.74) is 0.957. The Morgan fingerprint density at radius 2 is 2.00 bits per heavy atom. The summed E-state index contributed by atoms with van der Waals surface area (Å²) in [6, 6.07) is 6.65. The van der Waals surface area contributed by atoms with E-state index in [0.717, 1.165) is 18.2 Å². The fraction of sp³-hybridized carbons (Fsp3) is 0.154. The van der Waals surface area contributed by atoms with Crippen LogP contribution in [0.2, 0.25) is 0 Å². The van der Waals surface area contributed by atoms with E-state index in [2.05, 4.69) is 9.97 Å². The van der Waals surface area contributed by atoms with Gasteiger partial charge in [-0.05, 0) is 31.2 Å². The van der Waals surface area contributed by atoms with E-state index in [-0.39, 0.29) is 17.7 Å². The summed E-state index contributed by atoms with van der Waals surface area (Å²) in [5, 5.41) is 8.61. The second-order valence-corrected chi connectivity index (χ2v) is 3.77. The van der Waals surface area contributed by atoms with Crippen molar-refractivity contribution >= 4 is 0 Å². The summed E-state index contributed by atoms with van der Waals surface area (Å²) in [6.45, 7) is 1.71. The van der Waals surface area contributed by atoms with Gasteiger partial charge in [0.2, 0.25) is 0 Å². The molecule has 0 aliphatic heterocycles. The number of nitrogens with zero attached hydrogens (tertiary/aromatic N) is 3. The lowest BCUT2D eigenvalue weighted by molar-refractivity contribution is 0.602. The second kappa shape index (κ2) is 4.88. The molecule has 0 aliphatic rings. The third-order valence-electron chi connectivity index (χ3n) is 2.34. The van der Waals surface area contributed by atoms with Gasteiger partial charge in [-0.15, -0.1) is 0 Å².